The molecule has 27 heavy (non-hydrogen) atoms. The van der Waals surface area contributed by atoms with E-state index >= 15 is 0 Å². The van der Waals surface area contributed by atoms with Gasteiger partial charge in [-0.3, -0.25) is 4.79 Å². The molecule has 0 aliphatic carbocycles. The third-order valence-corrected chi connectivity index (χ3v) is 4.96. The van der Waals surface area contributed by atoms with Crippen LogP contribution < -0.4 is 14.8 Å². The molecule has 1 N–H and O–H groups in total. The molecule has 2 aromatic carbocycles. The topological polar surface area (TPSA) is 50.8 Å². The number of nitrogens with zero attached hydrogens (tertiary/aromatic N) is 1. The molecule has 5 heteroatoms. The van der Waals surface area contributed by atoms with Gasteiger partial charge < -0.3 is 19.7 Å². The molecule has 3 rings (SSSR count). The first-order valence-electron chi connectivity index (χ1n) is 9.53. The van der Waals surface area contributed by atoms with Crippen molar-refractivity contribution in [3.05, 3.63) is 53.6 Å². The van der Waals surface area contributed by atoms with E-state index in [-0.39, 0.29) is 5.91 Å². The number of amides is 1. The van der Waals surface area contributed by atoms with Gasteiger partial charge in [0, 0.05) is 23.9 Å². The fourth-order valence-electron chi connectivity index (χ4n) is 3.42. The van der Waals surface area contributed by atoms with Gasteiger partial charge in [-0.2, -0.15) is 0 Å². The Morgan fingerprint density at radius 1 is 1.00 bits per heavy atom. The Labute approximate surface area is 161 Å². The van der Waals surface area contributed by atoms with Gasteiger partial charge in [0.15, 0.2) is 0 Å². The van der Waals surface area contributed by atoms with Crippen LogP contribution in [0.15, 0.2) is 42.5 Å². The number of ether oxygens (including phenoxy) is 2. The summed E-state index contributed by atoms with van der Waals surface area (Å²) in [4.78, 5) is 15.2. The Kier molecular flexibility index (Phi) is 6.71. The third kappa shape index (κ3) is 5.47. The van der Waals surface area contributed by atoms with E-state index in [1.165, 1.54) is 37.9 Å². The third-order valence-electron chi connectivity index (χ3n) is 4.96. The van der Waals surface area contributed by atoms with Crippen molar-refractivity contribution in [2.75, 3.05) is 39.2 Å². The van der Waals surface area contributed by atoms with Crippen LogP contribution in [0.1, 0.15) is 35.2 Å². The quantitative estimate of drug-likeness (QED) is 0.803. The van der Waals surface area contributed by atoms with Gasteiger partial charge >= 0.3 is 0 Å². The van der Waals surface area contributed by atoms with Crippen LogP contribution in [0.4, 0.5) is 5.69 Å². The summed E-state index contributed by atoms with van der Waals surface area (Å²) in [5.74, 6) is 1.00. The smallest absolute Gasteiger partial charge is 0.255 e. The number of hydrogen-bond acceptors (Lipinski definition) is 4. The normalized spacial score (nSPS) is 14.6. The zero-order valence-electron chi connectivity index (χ0n) is 16.2. The average Bonchev–Trinajstić information content (AvgIpc) is 2.72. The summed E-state index contributed by atoms with van der Waals surface area (Å²) < 4.78 is 10.5. The molecular weight excluding hydrogens is 340 g/mol. The zero-order chi connectivity index (χ0) is 19.1. The summed E-state index contributed by atoms with van der Waals surface area (Å²) in [5.41, 5.74) is 2.55. The molecule has 1 saturated heterocycles. The maximum absolute atomic E-state index is 12.6. The number of likely N-dealkylation sites (tertiary alicyclic amines) is 1. The molecule has 1 aliphatic heterocycles. The summed E-state index contributed by atoms with van der Waals surface area (Å²) in [6.07, 6.45) is 4.96. The Hall–Kier alpha value is -2.53. The molecule has 1 amide bonds. The molecule has 0 spiro atoms. The van der Waals surface area contributed by atoms with Crippen molar-refractivity contribution in [2.24, 2.45) is 0 Å². The van der Waals surface area contributed by atoms with Crippen molar-refractivity contribution in [1.29, 1.82) is 0 Å². The largest absolute Gasteiger partial charge is 0.497 e. The molecule has 1 fully saturated rings. The molecule has 0 atom stereocenters. The number of benzene rings is 2. The van der Waals surface area contributed by atoms with Crippen LogP contribution in [-0.2, 0) is 6.42 Å². The van der Waals surface area contributed by atoms with Crippen molar-refractivity contribution < 1.29 is 14.3 Å². The van der Waals surface area contributed by atoms with Crippen LogP contribution >= 0.6 is 0 Å². The lowest BCUT2D eigenvalue weighted by Crippen LogP contribution is -2.31. The van der Waals surface area contributed by atoms with Crippen LogP contribution in [-0.4, -0.2) is 44.7 Å². The maximum Gasteiger partial charge on any atom is 0.255 e. The lowest BCUT2D eigenvalue weighted by atomic mass is 10.1. The van der Waals surface area contributed by atoms with Crippen molar-refractivity contribution in [1.82, 2.24) is 4.90 Å². The van der Waals surface area contributed by atoms with E-state index in [1.54, 1.807) is 32.4 Å². The fourth-order valence-corrected chi connectivity index (χ4v) is 3.42. The van der Waals surface area contributed by atoms with Crippen LogP contribution in [0, 0.1) is 0 Å². The second-order valence-electron chi connectivity index (χ2n) is 6.91. The van der Waals surface area contributed by atoms with Gasteiger partial charge in [0.25, 0.3) is 5.91 Å². The van der Waals surface area contributed by atoms with Gasteiger partial charge in [0.2, 0.25) is 0 Å². The van der Waals surface area contributed by atoms with E-state index in [9.17, 15) is 4.79 Å². The van der Waals surface area contributed by atoms with Crippen LogP contribution in [0.2, 0.25) is 0 Å². The molecule has 144 valence electrons. The number of piperidine rings is 1. The van der Waals surface area contributed by atoms with Crippen LogP contribution in [0.5, 0.6) is 11.5 Å². The molecule has 0 radical (unpaired) electrons. The predicted octanol–water partition coefficient (Wildman–Crippen LogP) is 3.98. The molecular formula is C22H28N2O3. The average molecular weight is 368 g/mol. The highest BCUT2D eigenvalue weighted by atomic mass is 16.5. The second kappa shape index (κ2) is 9.42. The lowest BCUT2D eigenvalue weighted by molar-refractivity contribution is 0.102. The Balaban J connectivity index is 1.64. The van der Waals surface area contributed by atoms with Gasteiger partial charge in [-0.05, 0) is 62.2 Å². The predicted molar refractivity (Wildman–Crippen MR) is 108 cm³/mol. The number of nitrogens with one attached hydrogen (secondary N) is 1. The van der Waals surface area contributed by atoms with Gasteiger partial charge in [0.1, 0.15) is 11.5 Å². The van der Waals surface area contributed by atoms with Gasteiger partial charge in [-0.25, -0.2) is 0 Å². The standard InChI is InChI=1S/C22H28N2O3/c1-26-20-14-18(15-21(16-20)27-2)22(25)23-19-8-6-7-17(13-19)9-12-24-10-4-3-5-11-24/h6-8,13-16H,3-5,9-12H2,1-2H3,(H,23,25). The van der Waals surface area contributed by atoms with E-state index in [4.69, 9.17) is 9.47 Å². The first-order valence-corrected chi connectivity index (χ1v) is 9.53. The Morgan fingerprint density at radius 3 is 2.37 bits per heavy atom. The van der Waals surface area contributed by atoms with Crippen molar-refractivity contribution in [2.45, 2.75) is 25.7 Å². The van der Waals surface area contributed by atoms with Gasteiger partial charge in [-0.15, -0.1) is 0 Å². The highest BCUT2D eigenvalue weighted by Gasteiger charge is 2.12. The summed E-state index contributed by atoms with van der Waals surface area (Å²) in [6.45, 7) is 3.48. The lowest BCUT2D eigenvalue weighted by Gasteiger charge is -2.26. The SMILES string of the molecule is COc1cc(OC)cc(C(=O)Nc2cccc(CCN3CCCCC3)c2)c1. The van der Waals surface area contributed by atoms with Gasteiger partial charge in [0.05, 0.1) is 14.2 Å². The number of methoxy groups -OCH3 is 2. The highest BCUT2D eigenvalue weighted by molar-refractivity contribution is 6.04. The number of carbonyl (C=O) groups excluding carboxylic acids is 1. The zero-order valence-corrected chi connectivity index (χ0v) is 16.2. The molecule has 1 aliphatic rings. The number of rotatable bonds is 7. The molecule has 1 heterocycles. The Bertz CT molecular complexity index is 748. The highest BCUT2D eigenvalue weighted by Crippen LogP contribution is 2.23. The van der Waals surface area contributed by atoms with Crippen molar-refractivity contribution >= 4 is 11.6 Å². The minimum atomic E-state index is -0.180. The van der Waals surface area contributed by atoms with E-state index in [2.05, 4.69) is 22.3 Å². The molecule has 0 saturated carbocycles. The number of carbonyl (C=O) groups is 1. The summed E-state index contributed by atoms with van der Waals surface area (Å²) >= 11 is 0. The minimum absolute atomic E-state index is 0.180. The van der Waals surface area contributed by atoms with Crippen molar-refractivity contribution in [3.63, 3.8) is 0 Å². The molecule has 0 unspecified atom stereocenters. The van der Waals surface area contributed by atoms with Crippen LogP contribution in [0.3, 0.4) is 0 Å². The Morgan fingerprint density at radius 2 is 1.70 bits per heavy atom. The first-order chi connectivity index (χ1) is 13.2. The summed E-state index contributed by atoms with van der Waals surface area (Å²) in [6, 6.07) is 13.2. The summed E-state index contributed by atoms with van der Waals surface area (Å²) in [5, 5.41) is 2.98. The fraction of sp³-hybridized carbons (Fsp3) is 0.409. The molecule has 0 aromatic heterocycles. The number of anilines is 1. The molecule has 5 nitrogen and oxygen atoms in total. The summed E-state index contributed by atoms with van der Waals surface area (Å²) in [7, 11) is 3.14. The monoisotopic (exact) mass is 368 g/mol. The van der Waals surface area contributed by atoms with E-state index in [0.717, 1.165) is 18.7 Å². The van der Waals surface area contributed by atoms with Gasteiger partial charge in [-0.1, -0.05) is 18.6 Å². The minimum Gasteiger partial charge on any atom is -0.497 e. The number of hydrogen-bond donors (Lipinski definition) is 1. The molecule has 0 bridgehead atoms. The first kappa shape index (κ1) is 19.2. The van der Waals surface area contributed by atoms with E-state index in [0.29, 0.717) is 17.1 Å². The van der Waals surface area contributed by atoms with E-state index in [1.807, 2.05) is 12.1 Å². The second-order valence-corrected chi connectivity index (χ2v) is 6.91. The maximum atomic E-state index is 12.6. The van der Waals surface area contributed by atoms with Crippen LogP contribution in [0.25, 0.3) is 0 Å². The molecule has 2 aromatic rings. The van der Waals surface area contributed by atoms with E-state index < -0.39 is 0 Å². The van der Waals surface area contributed by atoms with Crippen molar-refractivity contribution in [3.8, 4) is 11.5 Å².